The summed E-state index contributed by atoms with van der Waals surface area (Å²) in [6.07, 6.45) is 3.69. The minimum atomic E-state index is -0.343. The van der Waals surface area contributed by atoms with Crippen molar-refractivity contribution in [1.82, 2.24) is 5.32 Å². The lowest BCUT2D eigenvalue weighted by molar-refractivity contribution is 0.0926. The number of rotatable bonds is 5. The number of Topliss-reactive ketones (excluding diaryl/α,β-unsaturated/α-hetero) is 1. The van der Waals surface area contributed by atoms with Gasteiger partial charge >= 0.3 is 0 Å². The Labute approximate surface area is 173 Å². The molecule has 1 fully saturated rings. The Morgan fingerprint density at radius 1 is 1.00 bits per heavy atom. The fourth-order valence-electron chi connectivity index (χ4n) is 3.83. The van der Waals surface area contributed by atoms with Crippen LogP contribution in [0.5, 0.6) is 0 Å². The van der Waals surface area contributed by atoms with Gasteiger partial charge in [0.2, 0.25) is 0 Å². The predicted molar refractivity (Wildman–Crippen MR) is 115 cm³/mol. The van der Waals surface area contributed by atoms with Gasteiger partial charge in [-0.25, -0.2) is 4.39 Å². The normalized spacial score (nSPS) is 19.1. The highest BCUT2D eigenvalue weighted by Crippen LogP contribution is 2.33. The van der Waals surface area contributed by atoms with Crippen molar-refractivity contribution in [3.05, 3.63) is 64.8 Å². The number of anilines is 1. The highest BCUT2D eigenvalue weighted by molar-refractivity contribution is 7.20. The summed E-state index contributed by atoms with van der Waals surface area (Å²) in [5.41, 5.74) is 1.54. The number of amides is 1. The maximum absolute atomic E-state index is 13.0. The maximum Gasteiger partial charge on any atom is 0.251 e. The third kappa shape index (κ3) is 4.48. The molecule has 0 bridgehead atoms. The van der Waals surface area contributed by atoms with Crippen molar-refractivity contribution in [2.75, 3.05) is 5.32 Å². The van der Waals surface area contributed by atoms with Gasteiger partial charge in [-0.3, -0.25) is 9.59 Å². The van der Waals surface area contributed by atoms with Crippen LogP contribution in [0, 0.1) is 5.82 Å². The number of carbonyl (C=O) groups is 2. The lowest BCUT2D eigenvalue weighted by Gasteiger charge is -2.30. The molecule has 4 nitrogen and oxygen atoms in total. The van der Waals surface area contributed by atoms with Crippen molar-refractivity contribution in [1.29, 1.82) is 0 Å². The van der Waals surface area contributed by atoms with Crippen LogP contribution in [0.1, 0.15) is 52.6 Å². The third-order valence-electron chi connectivity index (χ3n) is 5.44. The Kier molecular flexibility index (Phi) is 5.62. The van der Waals surface area contributed by atoms with Gasteiger partial charge < -0.3 is 10.6 Å². The highest BCUT2D eigenvalue weighted by Gasteiger charge is 2.23. The summed E-state index contributed by atoms with van der Waals surface area (Å²) in [7, 11) is 0. The molecule has 1 heterocycles. The topological polar surface area (TPSA) is 58.2 Å². The second-order valence-electron chi connectivity index (χ2n) is 7.56. The van der Waals surface area contributed by atoms with Crippen LogP contribution in [-0.2, 0) is 0 Å². The van der Waals surface area contributed by atoms with E-state index < -0.39 is 0 Å². The first-order chi connectivity index (χ1) is 14.0. The molecule has 0 atom stereocenters. The van der Waals surface area contributed by atoms with Crippen LogP contribution in [-0.4, -0.2) is 23.8 Å². The van der Waals surface area contributed by atoms with Gasteiger partial charge in [0, 0.05) is 33.4 Å². The minimum absolute atomic E-state index is 0.0922. The van der Waals surface area contributed by atoms with Gasteiger partial charge in [-0.1, -0.05) is 6.07 Å². The maximum atomic E-state index is 13.0. The molecule has 0 spiro atoms. The molecular weight excluding hydrogens is 387 g/mol. The zero-order valence-electron chi connectivity index (χ0n) is 16.2. The van der Waals surface area contributed by atoms with Crippen LogP contribution >= 0.6 is 11.3 Å². The Morgan fingerprint density at radius 2 is 1.69 bits per heavy atom. The Hall–Kier alpha value is -2.73. The third-order valence-corrected chi connectivity index (χ3v) is 6.64. The molecule has 2 N–H and O–H groups in total. The summed E-state index contributed by atoms with van der Waals surface area (Å²) in [6, 6.07) is 14.2. The van der Waals surface area contributed by atoms with Crippen molar-refractivity contribution in [2.24, 2.45) is 0 Å². The minimum Gasteiger partial charge on any atom is -0.382 e. The summed E-state index contributed by atoms with van der Waals surface area (Å²) in [4.78, 5) is 24.8. The quantitative estimate of drug-likeness (QED) is 0.554. The lowest BCUT2D eigenvalue weighted by Crippen LogP contribution is -2.40. The average molecular weight is 411 g/mol. The number of hydrogen-bond donors (Lipinski definition) is 2. The first-order valence-corrected chi connectivity index (χ1v) is 10.7. The van der Waals surface area contributed by atoms with Crippen molar-refractivity contribution in [3.8, 4) is 0 Å². The zero-order chi connectivity index (χ0) is 20.4. The number of halogens is 1. The van der Waals surface area contributed by atoms with E-state index in [1.165, 1.54) is 35.6 Å². The van der Waals surface area contributed by atoms with Gasteiger partial charge in [0.05, 0.1) is 4.88 Å². The smallest absolute Gasteiger partial charge is 0.251 e. The zero-order valence-corrected chi connectivity index (χ0v) is 17.0. The molecule has 1 aromatic heterocycles. The molecule has 2 aromatic carbocycles. The van der Waals surface area contributed by atoms with E-state index in [0.717, 1.165) is 46.3 Å². The van der Waals surface area contributed by atoms with E-state index in [1.54, 1.807) is 6.92 Å². The van der Waals surface area contributed by atoms with Gasteiger partial charge in [0.15, 0.2) is 5.78 Å². The standard InChI is InChI=1S/C23H23FN2O2S/c1-14(27)22-13-19-20(3-2-4-21(19)29-22)25-17-9-11-18(12-10-17)26-23(28)15-5-7-16(24)8-6-15/h2-8,13,17-18,25H,9-12H2,1H3,(H,26,28). The van der Waals surface area contributed by atoms with Crippen LogP contribution < -0.4 is 10.6 Å². The second-order valence-corrected chi connectivity index (χ2v) is 8.64. The molecule has 6 heteroatoms. The molecule has 4 rings (SSSR count). The summed E-state index contributed by atoms with van der Waals surface area (Å²) < 4.78 is 14.1. The first-order valence-electron chi connectivity index (χ1n) is 9.86. The second kappa shape index (κ2) is 8.33. The summed E-state index contributed by atoms with van der Waals surface area (Å²) >= 11 is 1.53. The lowest BCUT2D eigenvalue weighted by atomic mass is 9.90. The van der Waals surface area contributed by atoms with Gasteiger partial charge in [-0.15, -0.1) is 11.3 Å². The molecule has 1 amide bonds. The molecule has 150 valence electrons. The van der Waals surface area contributed by atoms with Crippen molar-refractivity contribution in [2.45, 2.75) is 44.7 Å². The van der Waals surface area contributed by atoms with Crippen LogP contribution in [0.2, 0.25) is 0 Å². The molecule has 0 unspecified atom stereocenters. The molecule has 29 heavy (non-hydrogen) atoms. The van der Waals surface area contributed by atoms with E-state index in [1.807, 2.05) is 18.2 Å². The predicted octanol–water partition coefficient (Wildman–Crippen LogP) is 5.40. The van der Waals surface area contributed by atoms with Crippen LogP contribution in [0.25, 0.3) is 10.1 Å². The summed E-state index contributed by atoms with van der Waals surface area (Å²) in [5.74, 6) is -0.403. The van der Waals surface area contributed by atoms with Crippen molar-refractivity contribution in [3.63, 3.8) is 0 Å². The summed E-state index contributed by atoms with van der Waals surface area (Å²) in [5, 5.41) is 7.78. The molecular formula is C23H23FN2O2S. The van der Waals surface area contributed by atoms with Crippen molar-refractivity contribution < 1.29 is 14.0 Å². The monoisotopic (exact) mass is 410 g/mol. The van der Waals surface area contributed by atoms with Gasteiger partial charge in [0.1, 0.15) is 5.82 Å². The molecule has 1 aliphatic carbocycles. The van der Waals surface area contributed by atoms with E-state index in [4.69, 9.17) is 0 Å². The molecule has 1 saturated carbocycles. The van der Waals surface area contributed by atoms with Crippen LogP contribution in [0.3, 0.4) is 0 Å². The molecule has 0 radical (unpaired) electrons. The SMILES string of the molecule is CC(=O)c1cc2c(NC3CCC(NC(=O)c4ccc(F)cc4)CC3)cccc2s1. The number of fused-ring (bicyclic) bond motifs is 1. The number of thiophene rings is 1. The molecule has 0 aliphatic heterocycles. The average Bonchev–Trinajstić information content (AvgIpc) is 3.16. The van der Waals surface area contributed by atoms with Crippen LogP contribution in [0.15, 0.2) is 48.5 Å². The Bertz CT molecular complexity index is 1040. The highest BCUT2D eigenvalue weighted by atomic mass is 32.1. The van der Waals surface area contributed by atoms with E-state index in [2.05, 4.69) is 16.7 Å². The Balaban J connectivity index is 1.35. The van der Waals surface area contributed by atoms with Crippen LogP contribution in [0.4, 0.5) is 10.1 Å². The first kappa shape index (κ1) is 19.6. The summed E-state index contributed by atoms with van der Waals surface area (Å²) in [6.45, 7) is 1.60. The number of carbonyl (C=O) groups excluding carboxylic acids is 2. The molecule has 1 aliphatic rings. The fourth-order valence-corrected chi connectivity index (χ4v) is 4.82. The van der Waals surface area contributed by atoms with E-state index in [9.17, 15) is 14.0 Å². The largest absolute Gasteiger partial charge is 0.382 e. The fraction of sp³-hybridized carbons (Fsp3) is 0.304. The van der Waals surface area contributed by atoms with E-state index in [-0.39, 0.29) is 23.5 Å². The number of ketones is 1. The van der Waals surface area contributed by atoms with E-state index >= 15 is 0 Å². The van der Waals surface area contributed by atoms with Crippen molar-refractivity contribution >= 4 is 38.8 Å². The van der Waals surface area contributed by atoms with E-state index in [0.29, 0.717) is 11.6 Å². The van der Waals surface area contributed by atoms with Gasteiger partial charge in [0.25, 0.3) is 5.91 Å². The van der Waals surface area contributed by atoms with Gasteiger partial charge in [-0.2, -0.15) is 0 Å². The number of benzene rings is 2. The number of hydrogen-bond acceptors (Lipinski definition) is 4. The number of nitrogens with one attached hydrogen (secondary N) is 2. The molecule has 0 saturated heterocycles. The van der Waals surface area contributed by atoms with Gasteiger partial charge in [-0.05, 0) is 75.1 Å². The molecule has 3 aromatic rings. The Morgan fingerprint density at radius 3 is 2.38 bits per heavy atom.